The molecule has 3 nitrogen and oxygen atoms in total. The lowest BCUT2D eigenvalue weighted by molar-refractivity contribution is 0.628. The Labute approximate surface area is 101 Å². The van der Waals surface area contributed by atoms with E-state index in [-0.39, 0.29) is 5.82 Å². The number of rotatable bonds is 2. The summed E-state index contributed by atoms with van der Waals surface area (Å²) in [7, 11) is 1.86. The summed E-state index contributed by atoms with van der Waals surface area (Å²) in [4.78, 5) is 4.27. The topological polar surface area (TPSA) is 43.8 Å². The standard InChI is InChI=1S/C11H11BrFN3/c1-16-9(6-14)15-11(12)10(16)7-3-2-4-8(13)5-7/h2-5H,6,14H2,1H3. The second-order valence-corrected chi connectivity index (χ2v) is 4.19. The van der Waals surface area contributed by atoms with Gasteiger partial charge in [0.1, 0.15) is 16.2 Å². The van der Waals surface area contributed by atoms with Crippen LogP contribution in [0.15, 0.2) is 28.9 Å². The zero-order valence-electron chi connectivity index (χ0n) is 8.74. The van der Waals surface area contributed by atoms with E-state index in [0.29, 0.717) is 11.1 Å². The van der Waals surface area contributed by atoms with E-state index in [9.17, 15) is 4.39 Å². The number of halogens is 2. The molecule has 0 atom stereocenters. The highest BCUT2D eigenvalue weighted by Gasteiger charge is 2.13. The first kappa shape index (κ1) is 11.3. The predicted octanol–water partition coefficient (Wildman–Crippen LogP) is 2.45. The van der Waals surface area contributed by atoms with Crippen molar-refractivity contribution in [3.63, 3.8) is 0 Å². The van der Waals surface area contributed by atoms with E-state index in [0.717, 1.165) is 17.1 Å². The molecule has 2 rings (SSSR count). The molecule has 1 aromatic heterocycles. The van der Waals surface area contributed by atoms with Crippen LogP contribution in [-0.2, 0) is 13.6 Å². The zero-order valence-corrected chi connectivity index (χ0v) is 10.3. The van der Waals surface area contributed by atoms with Crippen LogP contribution < -0.4 is 5.73 Å². The first-order valence-electron chi connectivity index (χ1n) is 4.80. The average molecular weight is 284 g/mol. The second-order valence-electron chi connectivity index (χ2n) is 3.44. The quantitative estimate of drug-likeness (QED) is 0.920. The third-order valence-corrected chi connectivity index (χ3v) is 2.98. The van der Waals surface area contributed by atoms with E-state index in [1.807, 2.05) is 17.7 Å². The Morgan fingerprint density at radius 3 is 2.81 bits per heavy atom. The first-order chi connectivity index (χ1) is 7.63. The Balaban J connectivity index is 2.60. The Morgan fingerprint density at radius 1 is 1.50 bits per heavy atom. The van der Waals surface area contributed by atoms with Gasteiger partial charge in [-0.05, 0) is 28.1 Å². The lowest BCUT2D eigenvalue weighted by Crippen LogP contribution is -2.05. The van der Waals surface area contributed by atoms with Crippen molar-refractivity contribution < 1.29 is 4.39 Å². The van der Waals surface area contributed by atoms with Gasteiger partial charge in [0.25, 0.3) is 0 Å². The van der Waals surface area contributed by atoms with Gasteiger partial charge >= 0.3 is 0 Å². The fourth-order valence-electron chi connectivity index (χ4n) is 1.64. The van der Waals surface area contributed by atoms with Crippen molar-refractivity contribution in [3.8, 4) is 11.3 Å². The predicted molar refractivity (Wildman–Crippen MR) is 64.2 cm³/mol. The summed E-state index contributed by atoms with van der Waals surface area (Å²) >= 11 is 3.36. The summed E-state index contributed by atoms with van der Waals surface area (Å²) in [5, 5.41) is 0. The Kier molecular flexibility index (Phi) is 3.07. The van der Waals surface area contributed by atoms with Gasteiger partial charge in [-0.2, -0.15) is 0 Å². The maximum absolute atomic E-state index is 13.1. The number of aromatic nitrogens is 2. The Bertz CT molecular complexity index is 522. The number of nitrogens with zero attached hydrogens (tertiary/aromatic N) is 2. The van der Waals surface area contributed by atoms with Crippen molar-refractivity contribution in [2.75, 3.05) is 0 Å². The monoisotopic (exact) mass is 283 g/mol. The number of nitrogens with two attached hydrogens (primary N) is 1. The Morgan fingerprint density at radius 2 is 2.25 bits per heavy atom. The van der Waals surface area contributed by atoms with Crippen LogP contribution in [0.1, 0.15) is 5.82 Å². The molecule has 0 saturated heterocycles. The van der Waals surface area contributed by atoms with Crippen molar-refractivity contribution in [3.05, 3.63) is 40.5 Å². The molecular formula is C11H11BrFN3. The van der Waals surface area contributed by atoms with Gasteiger partial charge < -0.3 is 10.3 Å². The molecule has 0 aliphatic heterocycles. The molecule has 0 fully saturated rings. The summed E-state index contributed by atoms with van der Waals surface area (Å²) in [5.74, 6) is 0.492. The van der Waals surface area contributed by atoms with Crippen molar-refractivity contribution in [2.24, 2.45) is 12.8 Å². The van der Waals surface area contributed by atoms with Gasteiger partial charge in [0.15, 0.2) is 0 Å². The summed E-state index contributed by atoms with van der Waals surface area (Å²) < 4.78 is 15.7. The van der Waals surface area contributed by atoms with Crippen molar-refractivity contribution in [1.29, 1.82) is 0 Å². The molecule has 0 aliphatic rings. The van der Waals surface area contributed by atoms with E-state index in [4.69, 9.17) is 5.73 Å². The van der Waals surface area contributed by atoms with Crippen LogP contribution in [0.25, 0.3) is 11.3 Å². The lowest BCUT2D eigenvalue weighted by atomic mass is 10.1. The highest BCUT2D eigenvalue weighted by Crippen LogP contribution is 2.28. The molecule has 0 aliphatic carbocycles. The summed E-state index contributed by atoms with van der Waals surface area (Å²) in [6.45, 7) is 0.352. The smallest absolute Gasteiger partial charge is 0.132 e. The molecule has 16 heavy (non-hydrogen) atoms. The maximum atomic E-state index is 13.1. The second kappa shape index (κ2) is 4.35. The third kappa shape index (κ3) is 1.88. The van der Waals surface area contributed by atoms with Crippen LogP contribution in [0.3, 0.4) is 0 Å². The molecule has 1 aromatic carbocycles. The number of benzene rings is 1. The van der Waals surface area contributed by atoms with E-state index < -0.39 is 0 Å². The molecule has 0 amide bonds. The van der Waals surface area contributed by atoms with Gasteiger partial charge in [-0.15, -0.1) is 0 Å². The van der Waals surface area contributed by atoms with Crippen LogP contribution in [0.5, 0.6) is 0 Å². The molecular weight excluding hydrogens is 273 g/mol. The summed E-state index contributed by atoms with van der Waals surface area (Å²) in [6.07, 6.45) is 0. The van der Waals surface area contributed by atoms with E-state index >= 15 is 0 Å². The SMILES string of the molecule is Cn1c(CN)nc(Br)c1-c1cccc(F)c1. The molecule has 0 bridgehead atoms. The van der Waals surface area contributed by atoms with Crippen LogP contribution in [0.2, 0.25) is 0 Å². The highest BCUT2D eigenvalue weighted by atomic mass is 79.9. The number of hydrogen-bond acceptors (Lipinski definition) is 2. The van der Waals surface area contributed by atoms with Crippen LogP contribution >= 0.6 is 15.9 Å². The maximum Gasteiger partial charge on any atom is 0.132 e. The summed E-state index contributed by atoms with van der Waals surface area (Å²) in [5.41, 5.74) is 7.18. The van der Waals surface area contributed by atoms with E-state index in [1.165, 1.54) is 12.1 Å². The highest BCUT2D eigenvalue weighted by molar-refractivity contribution is 9.10. The molecule has 0 unspecified atom stereocenters. The van der Waals surface area contributed by atoms with Crippen LogP contribution in [0, 0.1) is 5.82 Å². The molecule has 84 valence electrons. The van der Waals surface area contributed by atoms with Crippen molar-refractivity contribution in [1.82, 2.24) is 9.55 Å². The fourth-order valence-corrected chi connectivity index (χ4v) is 2.34. The van der Waals surface area contributed by atoms with Crippen molar-refractivity contribution >= 4 is 15.9 Å². The molecule has 0 saturated carbocycles. The molecule has 5 heteroatoms. The number of imidazole rings is 1. The van der Waals surface area contributed by atoms with E-state index in [1.54, 1.807) is 6.07 Å². The Hall–Kier alpha value is -1.20. The molecule has 1 heterocycles. The number of hydrogen-bond donors (Lipinski definition) is 1. The van der Waals surface area contributed by atoms with Crippen LogP contribution in [-0.4, -0.2) is 9.55 Å². The van der Waals surface area contributed by atoms with Gasteiger partial charge in [-0.3, -0.25) is 0 Å². The lowest BCUT2D eigenvalue weighted by Gasteiger charge is -2.05. The normalized spacial score (nSPS) is 10.8. The van der Waals surface area contributed by atoms with Crippen LogP contribution in [0.4, 0.5) is 4.39 Å². The van der Waals surface area contributed by atoms with Crippen molar-refractivity contribution in [2.45, 2.75) is 6.54 Å². The molecule has 2 aromatic rings. The van der Waals surface area contributed by atoms with Gasteiger partial charge in [0.2, 0.25) is 0 Å². The molecule has 0 radical (unpaired) electrons. The first-order valence-corrected chi connectivity index (χ1v) is 5.60. The van der Waals surface area contributed by atoms with Gasteiger partial charge in [0, 0.05) is 12.6 Å². The minimum absolute atomic E-state index is 0.264. The van der Waals surface area contributed by atoms with Gasteiger partial charge in [0.05, 0.1) is 12.2 Å². The van der Waals surface area contributed by atoms with E-state index in [2.05, 4.69) is 20.9 Å². The fraction of sp³-hybridized carbons (Fsp3) is 0.182. The molecule has 2 N–H and O–H groups in total. The minimum Gasteiger partial charge on any atom is -0.329 e. The van der Waals surface area contributed by atoms with Gasteiger partial charge in [-0.1, -0.05) is 12.1 Å². The average Bonchev–Trinajstić information content (AvgIpc) is 2.53. The molecule has 0 spiro atoms. The van der Waals surface area contributed by atoms with Gasteiger partial charge in [-0.25, -0.2) is 9.37 Å². The zero-order chi connectivity index (χ0) is 11.7. The minimum atomic E-state index is -0.264. The third-order valence-electron chi connectivity index (χ3n) is 2.43. The summed E-state index contributed by atoms with van der Waals surface area (Å²) in [6, 6.07) is 6.40. The largest absolute Gasteiger partial charge is 0.329 e.